The van der Waals surface area contributed by atoms with E-state index in [1.54, 1.807) is 36.4 Å². The number of benzene rings is 2. The Bertz CT molecular complexity index is 1120. The summed E-state index contributed by atoms with van der Waals surface area (Å²) in [6.45, 7) is 6.51. The lowest BCUT2D eigenvalue weighted by Gasteiger charge is -2.15. The fourth-order valence-corrected chi connectivity index (χ4v) is 3.77. The van der Waals surface area contributed by atoms with Crippen molar-refractivity contribution in [2.75, 3.05) is 6.26 Å². The van der Waals surface area contributed by atoms with E-state index in [0.717, 1.165) is 22.5 Å². The molecule has 7 heteroatoms. The SMILES string of the molecule is Cc1cc(C)n(Cc2ccc(C(=O)NC(C)c3ccc(S(C)(=O)=O)cc3)cc2)n1. The third-order valence-corrected chi connectivity index (χ3v) is 5.94. The minimum atomic E-state index is -3.23. The summed E-state index contributed by atoms with van der Waals surface area (Å²) in [6, 6.07) is 15.8. The third-order valence-electron chi connectivity index (χ3n) is 4.81. The molecule has 1 N–H and O–H groups in total. The first-order chi connectivity index (χ1) is 13.6. The van der Waals surface area contributed by atoms with Crippen molar-refractivity contribution in [3.8, 4) is 0 Å². The zero-order valence-electron chi connectivity index (χ0n) is 17.0. The molecule has 0 saturated heterocycles. The standard InChI is InChI=1S/C22H25N3O3S/c1-15-13-16(2)25(24-15)14-18-5-7-20(8-6-18)22(26)23-17(3)19-9-11-21(12-10-19)29(4,27)28/h5-13,17H,14H2,1-4H3,(H,23,26). The van der Waals surface area contributed by atoms with Crippen molar-refractivity contribution in [3.05, 3.63) is 82.7 Å². The Morgan fingerprint density at radius 2 is 1.69 bits per heavy atom. The second-order valence-electron chi connectivity index (χ2n) is 7.32. The summed E-state index contributed by atoms with van der Waals surface area (Å²) in [5.41, 5.74) is 4.56. The average molecular weight is 412 g/mol. The van der Waals surface area contributed by atoms with Crippen LogP contribution in [0.3, 0.4) is 0 Å². The summed E-state index contributed by atoms with van der Waals surface area (Å²) in [4.78, 5) is 12.8. The Hall–Kier alpha value is -2.93. The van der Waals surface area contributed by atoms with Crippen LogP contribution < -0.4 is 5.32 Å². The van der Waals surface area contributed by atoms with Crippen LogP contribution in [0.25, 0.3) is 0 Å². The molecule has 29 heavy (non-hydrogen) atoms. The van der Waals surface area contributed by atoms with Crippen LogP contribution in [0.4, 0.5) is 0 Å². The molecule has 0 radical (unpaired) electrons. The molecule has 152 valence electrons. The molecule has 3 rings (SSSR count). The van der Waals surface area contributed by atoms with Crippen molar-refractivity contribution in [1.29, 1.82) is 0 Å². The normalized spacial score (nSPS) is 12.6. The van der Waals surface area contributed by atoms with E-state index in [1.807, 2.05) is 43.7 Å². The molecule has 0 bridgehead atoms. The fraction of sp³-hybridized carbons (Fsp3) is 0.273. The van der Waals surface area contributed by atoms with Crippen LogP contribution in [-0.2, 0) is 16.4 Å². The van der Waals surface area contributed by atoms with Crippen molar-refractivity contribution in [2.24, 2.45) is 0 Å². The van der Waals surface area contributed by atoms with E-state index in [2.05, 4.69) is 10.4 Å². The molecule has 0 saturated carbocycles. The van der Waals surface area contributed by atoms with E-state index in [-0.39, 0.29) is 16.8 Å². The average Bonchev–Trinajstić information content (AvgIpc) is 2.98. The predicted molar refractivity (Wildman–Crippen MR) is 113 cm³/mol. The zero-order valence-corrected chi connectivity index (χ0v) is 17.8. The van der Waals surface area contributed by atoms with Gasteiger partial charge in [-0.3, -0.25) is 9.48 Å². The Balaban J connectivity index is 1.65. The summed E-state index contributed by atoms with van der Waals surface area (Å²) >= 11 is 0. The number of hydrogen-bond donors (Lipinski definition) is 1. The van der Waals surface area contributed by atoms with E-state index in [9.17, 15) is 13.2 Å². The van der Waals surface area contributed by atoms with Gasteiger partial charge in [-0.05, 0) is 62.2 Å². The Labute approximate surface area is 171 Å². The fourth-order valence-electron chi connectivity index (χ4n) is 3.14. The second-order valence-corrected chi connectivity index (χ2v) is 9.33. The van der Waals surface area contributed by atoms with Crippen molar-refractivity contribution >= 4 is 15.7 Å². The first kappa shape index (κ1) is 20.8. The number of nitrogens with one attached hydrogen (secondary N) is 1. The number of carbonyl (C=O) groups is 1. The van der Waals surface area contributed by atoms with E-state index in [4.69, 9.17) is 0 Å². The molecule has 1 amide bonds. The van der Waals surface area contributed by atoms with Gasteiger partial charge >= 0.3 is 0 Å². The summed E-state index contributed by atoms with van der Waals surface area (Å²) < 4.78 is 25.1. The van der Waals surface area contributed by atoms with Gasteiger partial charge in [0.2, 0.25) is 0 Å². The van der Waals surface area contributed by atoms with Crippen LogP contribution in [0.15, 0.2) is 59.5 Å². The Morgan fingerprint density at radius 1 is 1.07 bits per heavy atom. The molecule has 0 aliphatic heterocycles. The molecule has 1 unspecified atom stereocenters. The Kier molecular flexibility index (Phi) is 5.88. The number of aromatic nitrogens is 2. The minimum absolute atomic E-state index is 0.178. The lowest BCUT2D eigenvalue weighted by molar-refractivity contribution is 0.0940. The third kappa shape index (κ3) is 5.12. The molecule has 0 aliphatic rings. The molecule has 0 spiro atoms. The molecule has 1 aromatic heterocycles. The van der Waals surface area contributed by atoms with Gasteiger partial charge in [0.15, 0.2) is 9.84 Å². The number of carbonyl (C=O) groups excluding carboxylic acids is 1. The maximum atomic E-state index is 12.6. The Morgan fingerprint density at radius 3 is 2.21 bits per heavy atom. The summed E-state index contributed by atoms with van der Waals surface area (Å²) in [7, 11) is -3.23. The maximum absolute atomic E-state index is 12.6. The van der Waals surface area contributed by atoms with Crippen LogP contribution in [0.5, 0.6) is 0 Å². The lowest BCUT2D eigenvalue weighted by atomic mass is 10.1. The molecule has 2 aromatic carbocycles. The second kappa shape index (κ2) is 8.21. The summed E-state index contributed by atoms with van der Waals surface area (Å²) in [5, 5.41) is 7.40. The molecule has 1 heterocycles. The van der Waals surface area contributed by atoms with Crippen LogP contribution in [-0.4, -0.2) is 30.4 Å². The van der Waals surface area contributed by atoms with Gasteiger partial charge < -0.3 is 5.32 Å². The van der Waals surface area contributed by atoms with Crippen molar-refractivity contribution in [1.82, 2.24) is 15.1 Å². The van der Waals surface area contributed by atoms with Crippen LogP contribution in [0.2, 0.25) is 0 Å². The van der Waals surface area contributed by atoms with Gasteiger partial charge in [-0.1, -0.05) is 24.3 Å². The van der Waals surface area contributed by atoms with Gasteiger partial charge in [-0.25, -0.2) is 8.42 Å². The largest absolute Gasteiger partial charge is 0.346 e. The highest BCUT2D eigenvalue weighted by molar-refractivity contribution is 7.90. The molecule has 6 nitrogen and oxygen atoms in total. The summed E-state index contributed by atoms with van der Waals surface area (Å²) in [6.07, 6.45) is 1.17. The highest BCUT2D eigenvalue weighted by Gasteiger charge is 2.13. The van der Waals surface area contributed by atoms with Gasteiger partial charge in [0.25, 0.3) is 5.91 Å². The maximum Gasteiger partial charge on any atom is 0.251 e. The number of hydrogen-bond acceptors (Lipinski definition) is 4. The number of aryl methyl sites for hydroxylation is 2. The highest BCUT2D eigenvalue weighted by atomic mass is 32.2. The van der Waals surface area contributed by atoms with Gasteiger partial charge in [0, 0.05) is 17.5 Å². The van der Waals surface area contributed by atoms with E-state index in [0.29, 0.717) is 12.1 Å². The lowest BCUT2D eigenvalue weighted by Crippen LogP contribution is -2.26. The molecule has 1 atom stereocenters. The van der Waals surface area contributed by atoms with Crippen LogP contribution >= 0.6 is 0 Å². The zero-order chi connectivity index (χ0) is 21.2. The number of nitrogens with zero attached hydrogens (tertiary/aromatic N) is 2. The number of rotatable bonds is 6. The molecule has 3 aromatic rings. The molecular weight excluding hydrogens is 386 g/mol. The van der Waals surface area contributed by atoms with E-state index >= 15 is 0 Å². The van der Waals surface area contributed by atoms with E-state index < -0.39 is 9.84 Å². The number of sulfone groups is 1. The molecule has 0 aliphatic carbocycles. The molecular formula is C22H25N3O3S. The van der Waals surface area contributed by atoms with Crippen molar-refractivity contribution in [2.45, 2.75) is 38.3 Å². The van der Waals surface area contributed by atoms with Crippen LogP contribution in [0.1, 0.15) is 45.8 Å². The number of amides is 1. The summed E-state index contributed by atoms with van der Waals surface area (Å²) in [5.74, 6) is -0.178. The minimum Gasteiger partial charge on any atom is -0.346 e. The van der Waals surface area contributed by atoms with Crippen LogP contribution in [0, 0.1) is 13.8 Å². The highest BCUT2D eigenvalue weighted by Crippen LogP contribution is 2.17. The molecule has 0 fully saturated rings. The monoisotopic (exact) mass is 411 g/mol. The van der Waals surface area contributed by atoms with Gasteiger partial charge in [-0.2, -0.15) is 5.10 Å². The van der Waals surface area contributed by atoms with Crippen molar-refractivity contribution < 1.29 is 13.2 Å². The van der Waals surface area contributed by atoms with Gasteiger partial charge in [0.1, 0.15) is 0 Å². The predicted octanol–water partition coefficient (Wildman–Crippen LogP) is 3.44. The first-order valence-electron chi connectivity index (χ1n) is 9.34. The van der Waals surface area contributed by atoms with Crippen molar-refractivity contribution in [3.63, 3.8) is 0 Å². The topological polar surface area (TPSA) is 81.1 Å². The quantitative estimate of drug-likeness (QED) is 0.674. The van der Waals surface area contributed by atoms with Gasteiger partial charge in [0.05, 0.1) is 23.2 Å². The smallest absolute Gasteiger partial charge is 0.251 e. The van der Waals surface area contributed by atoms with Gasteiger partial charge in [-0.15, -0.1) is 0 Å². The first-order valence-corrected chi connectivity index (χ1v) is 11.2. The van der Waals surface area contributed by atoms with E-state index in [1.165, 1.54) is 6.26 Å².